The molecule has 2 aliphatic heterocycles. The van der Waals surface area contributed by atoms with Gasteiger partial charge in [-0.25, -0.2) is 14.9 Å². The highest BCUT2D eigenvalue weighted by Gasteiger charge is 2.54. The van der Waals surface area contributed by atoms with Crippen LogP contribution < -0.4 is 11.1 Å². The second-order valence-electron chi connectivity index (χ2n) is 8.13. The minimum Gasteiger partial charge on any atom is -0.477 e. The van der Waals surface area contributed by atoms with Crippen LogP contribution in [-0.4, -0.2) is 88.1 Å². The predicted octanol–water partition coefficient (Wildman–Crippen LogP) is 0.599. The molecule has 4 heterocycles. The van der Waals surface area contributed by atoms with Crippen LogP contribution in [0.5, 0.6) is 0 Å². The van der Waals surface area contributed by atoms with Crippen molar-refractivity contribution in [3.63, 3.8) is 0 Å². The second kappa shape index (κ2) is 10.9. The number of aromatic nitrogens is 5. The number of nitrogen functional groups attached to an aromatic ring is 1. The maximum atomic E-state index is 13.2. The molecule has 1 fully saturated rings. The van der Waals surface area contributed by atoms with E-state index in [9.17, 15) is 19.5 Å². The van der Waals surface area contributed by atoms with Gasteiger partial charge in [0.1, 0.15) is 28.9 Å². The molecule has 5 rings (SSSR count). The standard InChI is InChI=1S/C20H21N9O5S3/c21-19-22-11(8-36-19)12(26-34-10-4-2-1-3-5-10)15(30)23-13-16(31)29-14(18(32)33)9(6-35-17(13)29)7-37-20-24-27-28-25-20/h2,4,8,10,13,17H,1,3,5-7H2,(H2,21,22)(H,23,30)(H,32,33)(H,24,25,27,28)/b26-12-/t10?,13?,17-/m1/s1. The van der Waals surface area contributed by atoms with E-state index in [0.29, 0.717) is 16.5 Å². The zero-order chi connectivity index (χ0) is 25.9. The number of tetrazole rings is 1. The number of fused-ring (bicyclic) bond motifs is 1. The molecule has 3 atom stereocenters. The van der Waals surface area contributed by atoms with Gasteiger partial charge in [0.15, 0.2) is 10.8 Å². The quantitative estimate of drug-likeness (QED) is 0.109. The number of nitrogens with one attached hydrogen (secondary N) is 2. The van der Waals surface area contributed by atoms with Gasteiger partial charge in [0.2, 0.25) is 5.16 Å². The third-order valence-corrected chi connectivity index (χ3v) is 8.67. The molecule has 5 N–H and O–H groups in total. The highest BCUT2D eigenvalue weighted by Crippen LogP contribution is 2.41. The molecule has 2 aromatic heterocycles. The number of amides is 2. The molecule has 1 aliphatic carbocycles. The zero-order valence-corrected chi connectivity index (χ0v) is 21.5. The first kappa shape index (κ1) is 25.2. The number of hydrogen-bond acceptors (Lipinski definition) is 13. The van der Waals surface area contributed by atoms with E-state index in [2.05, 4.69) is 36.1 Å². The van der Waals surface area contributed by atoms with E-state index < -0.39 is 29.2 Å². The molecule has 0 aromatic carbocycles. The van der Waals surface area contributed by atoms with Crippen LogP contribution in [-0.2, 0) is 19.2 Å². The summed E-state index contributed by atoms with van der Waals surface area (Å²) >= 11 is 3.74. The van der Waals surface area contributed by atoms with Crippen LogP contribution >= 0.6 is 34.9 Å². The summed E-state index contributed by atoms with van der Waals surface area (Å²) in [6, 6.07) is -0.935. The maximum absolute atomic E-state index is 13.2. The maximum Gasteiger partial charge on any atom is 0.352 e. The van der Waals surface area contributed by atoms with Crippen LogP contribution in [0.1, 0.15) is 25.0 Å². The van der Waals surface area contributed by atoms with Crippen LogP contribution in [0.25, 0.3) is 0 Å². The zero-order valence-electron chi connectivity index (χ0n) is 19.1. The summed E-state index contributed by atoms with van der Waals surface area (Å²) in [7, 11) is 0. The highest BCUT2D eigenvalue weighted by molar-refractivity contribution is 8.01. The van der Waals surface area contributed by atoms with Crippen molar-refractivity contribution in [2.24, 2.45) is 5.16 Å². The van der Waals surface area contributed by atoms with Crippen LogP contribution in [0, 0.1) is 0 Å². The minimum atomic E-state index is -1.22. The number of oxime groups is 1. The molecule has 14 nitrogen and oxygen atoms in total. The molecule has 2 aromatic rings. The number of carbonyl (C=O) groups excluding carboxylic acids is 2. The first-order chi connectivity index (χ1) is 17.9. The van der Waals surface area contributed by atoms with Crippen molar-refractivity contribution in [1.82, 2.24) is 35.8 Å². The fourth-order valence-corrected chi connectivity index (χ4v) is 6.73. The van der Waals surface area contributed by atoms with Gasteiger partial charge in [0, 0.05) is 16.9 Å². The van der Waals surface area contributed by atoms with Gasteiger partial charge in [-0.15, -0.1) is 28.2 Å². The number of anilines is 1. The number of thiazole rings is 1. The Kier molecular flexibility index (Phi) is 7.43. The number of carbonyl (C=O) groups is 3. The lowest BCUT2D eigenvalue weighted by Crippen LogP contribution is -2.71. The molecule has 194 valence electrons. The molecular weight excluding hydrogens is 542 g/mol. The molecule has 37 heavy (non-hydrogen) atoms. The number of rotatable bonds is 9. The Hall–Kier alpha value is -3.44. The van der Waals surface area contributed by atoms with Crippen molar-refractivity contribution in [3.8, 4) is 0 Å². The van der Waals surface area contributed by atoms with Gasteiger partial charge < -0.3 is 21.0 Å². The molecule has 2 unspecified atom stereocenters. The monoisotopic (exact) mass is 563 g/mol. The lowest BCUT2D eigenvalue weighted by Gasteiger charge is -2.49. The minimum absolute atomic E-state index is 0.0900. The normalized spacial score (nSPS) is 23.5. The Bertz CT molecular complexity index is 1290. The van der Waals surface area contributed by atoms with Crippen LogP contribution in [0.2, 0.25) is 0 Å². The van der Waals surface area contributed by atoms with Crippen molar-refractivity contribution >= 4 is 63.5 Å². The number of aromatic amines is 1. The Morgan fingerprint density at radius 3 is 2.97 bits per heavy atom. The van der Waals surface area contributed by atoms with E-state index in [0.717, 1.165) is 30.6 Å². The number of allylic oxidation sites excluding steroid dienone is 1. The predicted molar refractivity (Wildman–Crippen MR) is 136 cm³/mol. The van der Waals surface area contributed by atoms with E-state index in [1.165, 1.54) is 28.4 Å². The SMILES string of the molecule is Nc1nc(/C(=N/OC2C=CCCC2)C(=O)NC2C(=O)N3C(C(=O)O)=C(CSc4nnn[nH]4)CS[C@H]23)cs1. The molecule has 17 heteroatoms. The number of β-lactam (4-membered cyclic amide) rings is 1. The van der Waals surface area contributed by atoms with Crippen LogP contribution in [0.4, 0.5) is 5.13 Å². The number of thioether (sulfide) groups is 2. The average molecular weight is 564 g/mol. The number of carboxylic acid groups (broad SMARTS) is 1. The Morgan fingerprint density at radius 2 is 2.30 bits per heavy atom. The molecule has 0 spiro atoms. The van der Waals surface area contributed by atoms with Gasteiger partial charge in [-0.2, -0.15) is 0 Å². The average Bonchev–Trinajstić information content (AvgIpc) is 3.58. The van der Waals surface area contributed by atoms with Gasteiger partial charge >= 0.3 is 5.97 Å². The molecule has 0 radical (unpaired) electrons. The third kappa shape index (κ3) is 5.33. The Balaban J connectivity index is 1.31. The number of aliphatic carboxylic acids is 1. The summed E-state index contributed by atoms with van der Waals surface area (Å²) in [5, 5.41) is 31.6. The van der Waals surface area contributed by atoms with E-state index in [-0.39, 0.29) is 34.1 Å². The summed E-state index contributed by atoms with van der Waals surface area (Å²) in [5.74, 6) is -1.77. The number of H-pyrrole nitrogens is 1. The smallest absolute Gasteiger partial charge is 0.352 e. The highest BCUT2D eigenvalue weighted by atomic mass is 32.2. The van der Waals surface area contributed by atoms with Crippen LogP contribution in [0.15, 0.2) is 39.1 Å². The first-order valence-corrected chi connectivity index (χ1v) is 14.0. The third-order valence-electron chi connectivity index (χ3n) is 5.71. The number of hydrogen-bond donors (Lipinski definition) is 4. The van der Waals surface area contributed by atoms with E-state index >= 15 is 0 Å². The largest absolute Gasteiger partial charge is 0.477 e. The van der Waals surface area contributed by atoms with Crippen molar-refractivity contribution in [2.45, 2.75) is 41.9 Å². The van der Waals surface area contributed by atoms with Gasteiger partial charge in [0.05, 0.1) is 0 Å². The number of nitrogens with zero attached hydrogens (tertiary/aromatic N) is 6. The lowest BCUT2D eigenvalue weighted by atomic mass is 10.0. The summed E-state index contributed by atoms with van der Waals surface area (Å²) in [6.07, 6.45) is 6.29. The molecule has 0 saturated carbocycles. The number of carboxylic acids is 1. The molecule has 2 amide bonds. The van der Waals surface area contributed by atoms with Crippen molar-refractivity contribution in [1.29, 1.82) is 0 Å². The topological polar surface area (TPSA) is 202 Å². The first-order valence-electron chi connectivity index (χ1n) is 11.1. The fraction of sp³-hybridized carbons (Fsp3) is 0.400. The second-order valence-corrected chi connectivity index (χ2v) is 11.1. The molecule has 0 bridgehead atoms. The molecule has 3 aliphatic rings. The summed E-state index contributed by atoms with van der Waals surface area (Å²) < 4.78 is 0. The Labute approximate surface area is 222 Å². The van der Waals surface area contributed by atoms with Gasteiger partial charge in [0.25, 0.3) is 11.8 Å². The van der Waals surface area contributed by atoms with Crippen molar-refractivity contribution < 1.29 is 24.3 Å². The van der Waals surface area contributed by atoms with Crippen LogP contribution in [0.3, 0.4) is 0 Å². The Morgan fingerprint density at radius 1 is 1.43 bits per heavy atom. The number of nitrogens with two attached hydrogens (primary N) is 1. The van der Waals surface area contributed by atoms with E-state index in [1.807, 2.05) is 12.2 Å². The van der Waals surface area contributed by atoms with Gasteiger partial charge in [-0.3, -0.25) is 14.5 Å². The van der Waals surface area contributed by atoms with Crippen molar-refractivity contribution in [2.75, 3.05) is 17.2 Å². The lowest BCUT2D eigenvalue weighted by molar-refractivity contribution is -0.150. The van der Waals surface area contributed by atoms with Crippen molar-refractivity contribution in [3.05, 3.63) is 34.5 Å². The van der Waals surface area contributed by atoms with E-state index in [4.69, 9.17) is 10.6 Å². The molecule has 1 saturated heterocycles. The molecular formula is C20H21N9O5S3. The summed E-state index contributed by atoms with van der Waals surface area (Å²) in [5.41, 5.74) is 6.34. The van der Waals surface area contributed by atoms with E-state index in [1.54, 1.807) is 5.38 Å². The summed E-state index contributed by atoms with van der Waals surface area (Å²) in [4.78, 5) is 49.2. The fourth-order valence-electron chi connectivity index (χ4n) is 3.96. The van der Waals surface area contributed by atoms with Gasteiger partial charge in [-0.05, 0) is 41.3 Å². The summed E-state index contributed by atoms with van der Waals surface area (Å²) in [6.45, 7) is 0. The van der Waals surface area contributed by atoms with Gasteiger partial charge in [-0.1, -0.05) is 23.0 Å².